The molecule has 6 rings (SSSR count). The highest BCUT2D eigenvalue weighted by Gasteiger charge is 2.14. The molecule has 11 heteroatoms. The van der Waals surface area contributed by atoms with E-state index >= 15 is 0 Å². The maximum Gasteiger partial charge on any atom is 0.189 e. The predicted octanol–water partition coefficient (Wildman–Crippen LogP) is 3.74. The van der Waals surface area contributed by atoms with E-state index in [0.717, 1.165) is 50.0 Å². The van der Waals surface area contributed by atoms with Crippen molar-refractivity contribution in [3.05, 3.63) is 30.1 Å². The molecule has 6 aromatic rings. The molecule has 0 aliphatic heterocycles. The first-order chi connectivity index (χ1) is 12.8. The second-order valence-electron chi connectivity index (χ2n) is 5.66. The highest BCUT2D eigenvalue weighted by Crippen LogP contribution is 2.28. The molecule has 4 aromatic heterocycles. The van der Waals surface area contributed by atoms with Crippen LogP contribution in [-0.2, 0) is 5.75 Å². The van der Waals surface area contributed by atoms with Gasteiger partial charge in [0.05, 0.1) is 27.8 Å². The minimum atomic E-state index is 0.604. The van der Waals surface area contributed by atoms with Crippen LogP contribution < -0.4 is 0 Å². The van der Waals surface area contributed by atoms with Gasteiger partial charge in [-0.05, 0) is 24.3 Å². The Hall–Kier alpha value is -2.63. The fourth-order valence-corrected chi connectivity index (χ4v) is 4.77. The number of hydrogen-bond donors (Lipinski definition) is 2. The largest absolute Gasteiger partial charge is 0.293 e. The van der Waals surface area contributed by atoms with E-state index in [2.05, 4.69) is 37.4 Å². The Morgan fingerprint density at radius 3 is 2.12 bits per heavy atom. The molecular weight excluding hydrogens is 388 g/mol. The molecule has 0 amide bonds. The number of nitrogens with one attached hydrogen (secondary N) is 2. The van der Waals surface area contributed by atoms with Gasteiger partial charge in [-0.3, -0.25) is 8.75 Å². The van der Waals surface area contributed by atoms with Gasteiger partial charge < -0.3 is 0 Å². The van der Waals surface area contributed by atoms with Crippen LogP contribution >= 0.6 is 35.2 Å². The normalized spacial score (nSPS) is 12.2. The van der Waals surface area contributed by atoms with E-state index in [1.807, 2.05) is 24.3 Å². The zero-order valence-corrected chi connectivity index (χ0v) is 15.4. The highest BCUT2D eigenvalue weighted by atomic mass is 32.2. The maximum atomic E-state index is 4.64. The number of hydrogen-bond acceptors (Lipinski definition) is 9. The molecule has 8 nitrogen and oxygen atoms in total. The van der Waals surface area contributed by atoms with Crippen LogP contribution in [0.25, 0.3) is 44.1 Å². The van der Waals surface area contributed by atoms with Gasteiger partial charge in [-0.1, -0.05) is 11.8 Å². The Labute approximate surface area is 157 Å². The lowest BCUT2D eigenvalue weighted by Crippen LogP contribution is -1.84. The number of rotatable bonds is 3. The smallest absolute Gasteiger partial charge is 0.189 e. The summed E-state index contributed by atoms with van der Waals surface area (Å²) in [5.41, 5.74) is 7.08. The average molecular weight is 396 g/mol. The highest BCUT2D eigenvalue weighted by molar-refractivity contribution is 7.98. The van der Waals surface area contributed by atoms with Gasteiger partial charge in [0.25, 0.3) is 0 Å². The van der Waals surface area contributed by atoms with Gasteiger partial charge in [0.2, 0.25) is 0 Å². The molecule has 0 aliphatic rings. The number of thioether (sulfide) groups is 1. The number of benzene rings is 2. The van der Waals surface area contributed by atoms with Crippen molar-refractivity contribution >= 4 is 79.4 Å². The average Bonchev–Trinajstić information content (AvgIpc) is 3.43. The Kier molecular flexibility index (Phi) is 3.04. The van der Waals surface area contributed by atoms with Crippen molar-refractivity contribution in [1.82, 2.24) is 37.4 Å². The first-order valence-electron chi connectivity index (χ1n) is 7.68. The summed E-state index contributed by atoms with van der Waals surface area (Å²) in [6.45, 7) is 0. The molecule has 0 unspecified atom stereocenters. The summed E-state index contributed by atoms with van der Waals surface area (Å²) in [5, 5.41) is 0.710. The lowest BCUT2D eigenvalue weighted by molar-refractivity contribution is 1.06. The van der Waals surface area contributed by atoms with Crippen LogP contribution in [0, 0.1) is 0 Å². The Balaban J connectivity index is 1.34. The van der Waals surface area contributed by atoms with Crippen LogP contribution in [0.15, 0.2) is 29.4 Å². The molecule has 0 radical (unpaired) electrons. The van der Waals surface area contributed by atoms with Gasteiger partial charge in [-0.2, -0.15) is 8.75 Å². The number of nitrogens with zero attached hydrogens (tertiary/aromatic N) is 6. The molecule has 2 N–H and O–H groups in total. The molecule has 0 atom stereocenters. The molecule has 2 aromatic carbocycles. The second-order valence-corrected chi connectivity index (χ2v) is 7.74. The van der Waals surface area contributed by atoms with E-state index in [0.29, 0.717) is 10.9 Å². The van der Waals surface area contributed by atoms with Gasteiger partial charge in [0.15, 0.2) is 5.16 Å². The fourth-order valence-electron chi connectivity index (χ4n) is 2.90. The molecule has 26 heavy (non-hydrogen) atoms. The molecule has 4 heterocycles. The summed E-state index contributed by atoms with van der Waals surface area (Å²) < 4.78 is 15.0. The van der Waals surface area contributed by atoms with Crippen molar-refractivity contribution in [3.8, 4) is 0 Å². The molecule has 0 saturated carbocycles. The molecule has 0 spiro atoms. The second kappa shape index (κ2) is 5.43. The van der Waals surface area contributed by atoms with Crippen molar-refractivity contribution in [1.29, 1.82) is 0 Å². The minimum Gasteiger partial charge on any atom is -0.293 e. The number of imidazole rings is 2. The molecule has 0 aliphatic carbocycles. The van der Waals surface area contributed by atoms with Gasteiger partial charge in [0, 0.05) is 23.5 Å². The maximum absolute atomic E-state index is 4.64. The van der Waals surface area contributed by atoms with Gasteiger partial charge in [-0.15, -0.1) is 0 Å². The lowest BCUT2D eigenvalue weighted by atomic mass is 10.3. The summed E-state index contributed by atoms with van der Waals surface area (Å²) in [7, 11) is 0. The number of aromatic nitrogens is 8. The Morgan fingerprint density at radius 2 is 1.38 bits per heavy atom. The standard InChI is InChI=1S/C15H8N8S3/c1-3-8-13(22-25-20-8)11-6(1)16-10(18-11)5-24-15-17-7-2-4-9-14(12(7)19-15)23-26-21-9/h1-4,20-21H,5H2. The van der Waals surface area contributed by atoms with Crippen LogP contribution in [-0.4, -0.2) is 37.4 Å². The monoisotopic (exact) mass is 396 g/mol. The summed E-state index contributed by atoms with van der Waals surface area (Å²) in [6.07, 6.45) is 0. The van der Waals surface area contributed by atoms with Crippen molar-refractivity contribution in [2.75, 3.05) is 0 Å². The van der Waals surface area contributed by atoms with Gasteiger partial charge >= 0.3 is 0 Å². The summed E-state index contributed by atoms with van der Waals surface area (Å²) in [4.78, 5) is 18.5. The number of fused-ring (bicyclic) bond motifs is 6. The quantitative estimate of drug-likeness (QED) is 0.439. The van der Waals surface area contributed by atoms with Gasteiger partial charge in [0.1, 0.15) is 27.9 Å². The lowest BCUT2D eigenvalue weighted by Gasteiger charge is -1.90. The molecular formula is C15H8N8S3. The molecule has 0 fully saturated rings. The zero-order chi connectivity index (χ0) is 17.1. The summed E-state index contributed by atoms with van der Waals surface area (Å²) >= 11 is 4.16. The van der Waals surface area contributed by atoms with E-state index in [9.17, 15) is 0 Å². The molecule has 0 saturated heterocycles. The fraction of sp³-hybridized carbons (Fsp3) is 0.0667. The van der Waals surface area contributed by atoms with E-state index in [4.69, 9.17) is 0 Å². The molecule has 126 valence electrons. The van der Waals surface area contributed by atoms with Crippen molar-refractivity contribution < 1.29 is 0 Å². The van der Waals surface area contributed by atoms with E-state index < -0.39 is 0 Å². The van der Waals surface area contributed by atoms with Crippen LogP contribution in [0.3, 0.4) is 0 Å². The first-order valence-corrected chi connectivity index (χ1v) is 10.2. The van der Waals surface area contributed by atoms with Crippen molar-refractivity contribution in [3.63, 3.8) is 0 Å². The van der Waals surface area contributed by atoms with E-state index in [1.165, 1.54) is 35.2 Å². The van der Waals surface area contributed by atoms with Crippen LogP contribution in [0.5, 0.6) is 0 Å². The first kappa shape index (κ1) is 14.5. The summed E-state index contributed by atoms with van der Waals surface area (Å²) in [6, 6.07) is 7.89. The topological polar surface area (TPSA) is 109 Å². The van der Waals surface area contributed by atoms with E-state index in [1.54, 1.807) is 0 Å². The summed E-state index contributed by atoms with van der Waals surface area (Å²) in [5.74, 6) is 1.36. The third-order valence-corrected chi connectivity index (χ3v) is 6.10. The zero-order valence-electron chi connectivity index (χ0n) is 12.9. The van der Waals surface area contributed by atoms with Gasteiger partial charge in [-0.25, -0.2) is 19.9 Å². The van der Waals surface area contributed by atoms with Crippen LogP contribution in [0.4, 0.5) is 0 Å². The SMILES string of the molecule is c1cc2[nH]snc2c2nc(CSc3nc4ccc5[nH]snc5c4n3)nc12. The third-order valence-electron chi connectivity index (χ3n) is 4.09. The van der Waals surface area contributed by atoms with Crippen molar-refractivity contribution in [2.24, 2.45) is 0 Å². The Bertz CT molecular complexity index is 1300. The van der Waals surface area contributed by atoms with Crippen LogP contribution in [0.1, 0.15) is 5.82 Å². The minimum absolute atomic E-state index is 0.604. The Morgan fingerprint density at radius 1 is 0.731 bits per heavy atom. The molecule has 0 bridgehead atoms. The number of H-pyrrole nitrogens is 2. The van der Waals surface area contributed by atoms with Crippen LogP contribution in [0.2, 0.25) is 0 Å². The van der Waals surface area contributed by atoms with E-state index in [-0.39, 0.29) is 0 Å². The predicted molar refractivity (Wildman–Crippen MR) is 104 cm³/mol. The number of aromatic amines is 2. The third kappa shape index (κ3) is 2.14. The van der Waals surface area contributed by atoms with Crippen molar-refractivity contribution in [2.45, 2.75) is 10.9 Å².